The van der Waals surface area contributed by atoms with Gasteiger partial charge in [-0.3, -0.25) is 0 Å². The minimum absolute atomic E-state index is 0.166. The first-order valence-electron chi connectivity index (χ1n) is 8.83. The Morgan fingerprint density at radius 3 is 2.80 bits per heavy atom. The Hall–Kier alpha value is -2.04. The fourth-order valence-corrected chi connectivity index (χ4v) is 3.41. The van der Waals surface area contributed by atoms with Crippen molar-refractivity contribution in [1.29, 1.82) is 0 Å². The maximum absolute atomic E-state index is 12.0. The van der Waals surface area contributed by atoms with Crippen molar-refractivity contribution in [3.8, 4) is 0 Å². The molecule has 1 heterocycles. The Morgan fingerprint density at radius 1 is 1.20 bits per heavy atom. The summed E-state index contributed by atoms with van der Waals surface area (Å²) in [6.45, 7) is 5.95. The molecule has 1 aliphatic rings. The molecule has 2 amide bonds. The number of amides is 2. The van der Waals surface area contributed by atoms with Gasteiger partial charge in [0.15, 0.2) is 0 Å². The number of nitrogens with one attached hydrogen (secondary N) is 3. The van der Waals surface area contributed by atoms with Gasteiger partial charge in [-0.15, -0.1) is 0 Å². The van der Waals surface area contributed by atoms with Gasteiger partial charge < -0.3 is 15.5 Å². The van der Waals surface area contributed by atoms with E-state index in [4.69, 9.17) is 11.6 Å². The number of quaternary nitrogens is 1. The van der Waals surface area contributed by atoms with Crippen molar-refractivity contribution < 1.29 is 9.69 Å². The summed E-state index contributed by atoms with van der Waals surface area (Å²) in [5.41, 5.74) is 4.67. The van der Waals surface area contributed by atoms with Crippen LogP contribution in [0.15, 0.2) is 42.5 Å². The second-order valence-electron chi connectivity index (χ2n) is 6.64. The lowest BCUT2D eigenvalue weighted by Crippen LogP contribution is -3.11. The van der Waals surface area contributed by atoms with E-state index in [2.05, 4.69) is 34.9 Å². The molecule has 3 rings (SSSR count). The highest BCUT2D eigenvalue weighted by Crippen LogP contribution is 2.19. The molecule has 0 aromatic heterocycles. The average molecular weight is 359 g/mol. The second-order valence-corrected chi connectivity index (χ2v) is 7.05. The molecule has 25 heavy (non-hydrogen) atoms. The normalized spacial score (nSPS) is 16.2. The van der Waals surface area contributed by atoms with Gasteiger partial charge in [-0.05, 0) is 36.2 Å². The van der Waals surface area contributed by atoms with E-state index in [9.17, 15) is 4.79 Å². The van der Waals surface area contributed by atoms with Crippen molar-refractivity contribution in [2.75, 3.05) is 25.0 Å². The van der Waals surface area contributed by atoms with Gasteiger partial charge in [0.25, 0.3) is 0 Å². The predicted molar refractivity (Wildman–Crippen MR) is 102 cm³/mol. The Balaban J connectivity index is 1.37. The quantitative estimate of drug-likeness (QED) is 0.707. The highest BCUT2D eigenvalue weighted by molar-refractivity contribution is 6.31. The van der Waals surface area contributed by atoms with Gasteiger partial charge in [-0.25, -0.2) is 4.79 Å². The number of carbonyl (C=O) groups is 1. The summed E-state index contributed by atoms with van der Waals surface area (Å²) in [7, 11) is 0. The molecule has 2 aromatic carbocycles. The van der Waals surface area contributed by atoms with Crippen molar-refractivity contribution in [2.45, 2.75) is 26.3 Å². The zero-order valence-corrected chi connectivity index (χ0v) is 15.3. The van der Waals surface area contributed by atoms with Crippen molar-refractivity contribution in [2.24, 2.45) is 0 Å². The molecule has 2 aromatic rings. The lowest BCUT2D eigenvalue weighted by atomic mass is 10.00. The molecule has 0 bridgehead atoms. The van der Waals surface area contributed by atoms with E-state index in [1.807, 2.05) is 19.1 Å². The monoisotopic (exact) mass is 358 g/mol. The Labute approximate surface area is 154 Å². The van der Waals surface area contributed by atoms with Crippen molar-refractivity contribution in [1.82, 2.24) is 5.32 Å². The van der Waals surface area contributed by atoms with Crippen LogP contribution in [0.3, 0.4) is 0 Å². The van der Waals surface area contributed by atoms with Crippen molar-refractivity contribution in [3.05, 3.63) is 64.2 Å². The van der Waals surface area contributed by atoms with Crippen molar-refractivity contribution in [3.63, 3.8) is 0 Å². The summed E-state index contributed by atoms with van der Waals surface area (Å²) < 4.78 is 0. The number of hydrogen-bond donors (Lipinski definition) is 3. The maximum Gasteiger partial charge on any atom is 0.319 e. The highest BCUT2D eigenvalue weighted by Gasteiger charge is 2.18. The van der Waals surface area contributed by atoms with Gasteiger partial charge in [-0.1, -0.05) is 35.9 Å². The topological polar surface area (TPSA) is 45.6 Å². The van der Waals surface area contributed by atoms with E-state index >= 15 is 0 Å². The van der Waals surface area contributed by atoms with E-state index in [1.165, 1.54) is 17.7 Å². The largest absolute Gasteiger partial charge is 0.338 e. The number of hydrogen-bond acceptors (Lipinski definition) is 1. The number of carbonyl (C=O) groups excluding carboxylic acids is 1. The van der Waals surface area contributed by atoms with Gasteiger partial charge in [0.1, 0.15) is 6.54 Å². The fraction of sp³-hybridized carbons (Fsp3) is 0.350. The molecule has 132 valence electrons. The van der Waals surface area contributed by atoms with Gasteiger partial charge in [0.05, 0.1) is 13.1 Å². The van der Waals surface area contributed by atoms with E-state index < -0.39 is 0 Å². The molecular weight excluding hydrogens is 334 g/mol. The number of halogens is 1. The van der Waals surface area contributed by atoms with Crippen LogP contribution >= 0.6 is 11.6 Å². The lowest BCUT2D eigenvalue weighted by Gasteiger charge is -2.25. The van der Waals surface area contributed by atoms with Crippen LogP contribution < -0.4 is 15.5 Å². The zero-order valence-electron chi connectivity index (χ0n) is 14.6. The minimum atomic E-state index is -0.166. The number of urea groups is 1. The third-order valence-electron chi connectivity index (χ3n) is 4.72. The molecule has 0 radical (unpaired) electrons. The zero-order chi connectivity index (χ0) is 17.6. The van der Waals surface area contributed by atoms with Crippen LogP contribution in [0.2, 0.25) is 5.02 Å². The molecule has 4 nitrogen and oxygen atoms in total. The van der Waals surface area contributed by atoms with Crippen LogP contribution in [-0.2, 0) is 13.0 Å². The summed E-state index contributed by atoms with van der Waals surface area (Å²) in [5, 5.41) is 6.48. The summed E-state index contributed by atoms with van der Waals surface area (Å²) >= 11 is 5.99. The van der Waals surface area contributed by atoms with Gasteiger partial charge >= 0.3 is 6.03 Å². The molecule has 0 aliphatic carbocycles. The second kappa shape index (κ2) is 8.37. The Kier molecular flexibility index (Phi) is 5.95. The molecule has 0 spiro atoms. The third kappa shape index (κ3) is 4.97. The number of fused-ring (bicyclic) bond motifs is 1. The summed E-state index contributed by atoms with van der Waals surface area (Å²) in [6, 6.07) is 14.0. The van der Waals surface area contributed by atoms with Gasteiger partial charge in [0.2, 0.25) is 0 Å². The summed E-state index contributed by atoms with van der Waals surface area (Å²) in [4.78, 5) is 13.6. The highest BCUT2D eigenvalue weighted by atomic mass is 35.5. The molecule has 0 saturated heterocycles. The smallest absolute Gasteiger partial charge is 0.319 e. The first kappa shape index (κ1) is 17.8. The molecule has 3 N–H and O–H groups in total. The number of anilines is 1. The van der Waals surface area contributed by atoms with Crippen molar-refractivity contribution >= 4 is 23.3 Å². The standard InChI is InChI=1S/C20H24ClN3O/c1-15-13-18(7-8-19(15)21)23-20(25)22-10-4-11-24-12-9-16-5-2-3-6-17(16)14-24/h2-3,5-8,13H,4,9-12,14H2,1H3,(H2,22,23,25)/p+1. The number of rotatable bonds is 5. The molecule has 1 atom stereocenters. The molecule has 5 heteroatoms. The van der Waals surface area contributed by atoms with E-state index in [1.54, 1.807) is 11.0 Å². The van der Waals surface area contributed by atoms with Gasteiger partial charge in [0, 0.05) is 35.7 Å². The lowest BCUT2D eigenvalue weighted by molar-refractivity contribution is -0.916. The molecule has 0 saturated carbocycles. The first-order valence-corrected chi connectivity index (χ1v) is 9.21. The van der Waals surface area contributed by atoms with Crippen LogP contribution in [0, 0.1) is 6.92 Å². The van der Waals surface area contributed by atoms with E-state index in [-0.39, 0.29) is 6.03 Å². The summed E-state index contributed by atoms with van der Waals surface area (Å²) in [6.07, 6.45) is 2.12. The van der Waals surface area contributed by atoms with Crippen LogP contribution in [0.5, 0.6) is 0 Å². The van der Waals surface area contributed by atoms with Crippen LogP contribution in [0.4, 0.5) is 10.5 Å². The van der Waals surface area contributed by atoms with Crippen LogP contribution in [0.1, 0.15) is 23.1 Å². The van der Waals surface area contributed by atoms with Crippen LogP contribution in [0.25, 0.3) is 0 Å². The molecule has 0 fully saturated rings. The minimum Gasteiger partial charge on any atom is -0.338 e. The predicted octanol–water partition coefficient (Wildman–Crippen LogP) is 2.80. The SMILES string of the molecule is Cc1cc(NC(=O)NCCC[NH+]2CCc3ccccc3C2)ccc1Cl. The van der Waals surface area contributed by atoms with E-state index in [0.29, 0.717) is 11.6 Å². The number of aryl methyl sites for hydroxylation is 1. The maximum atomic E-state index is 12.0. The molecule has 1 aliphatic heterocycles. The average Bonchev–Trinajstić information content (AvgIpc) is 2.62. The Morgan fingerprint density at radius 2 is 2.00 bits per heavy atom. The summed E-state index contributed by atoms with van der Waals surface area (Å²) in [5.74, 6) is 0. The van der Waals surface area contributed by atoms with Gasteiger partial charge in [-0.2, -0.15) is 0 Å². The van der Waals surface area contributed by atoms with Crippen LogP contribution in [-0.4, -0.2) is 25.7 Å². The molecule has 1 unspecified atom stereocenters. The Bertz CT molecular complexity index is 747. The fourth-order valence-electron chi connectivity index (χ4n) is 3.29. The first-order chi connectivity index (χ1) is 12.1. The van der Waals surface area contributed by atoms with E-state index in [0.717, 1.165) is 37.2 Å². The number of benzene rings is 2. The third-order valence-corrected chi connectivity index (χ3v) is 5.14. The molecular formula is C20H25ClN3O+.